The molecule has 0 saturated carbocycles. The second kappa shape index (κ2) is 6.13. The third-order valence-electron chi connectivity index (χ3n) is 2.18. The van der Waals surface area contributed by atoms with Gasteiger partial charge in [-0.25, -0.2) is 0 Å². The number of ether oxygens (including phenoxy) is 1. The summed E-state index contributed by atoms with van der Waals surface area (Å²) in [6.07, 6.45) is 0.113. The lowest BCUT2D eigenvalue weighted by molar-refractivity contribution is -0.126. The van der Waals surface area contributed by atoms with Crippen LogP contribution in [0.2, 0.25) is 0 Å². The molecular weight excluding hydrogens is 216 g/mol. The number of amides is 1. The second-order valence-electron chi connectivity index (χ2n) is 4.30. The Kier molecular flexibility index (Phi) is 4.82. The highest BCUT2D eigenvalue weighted by Gasteiger charge is 2.07. The van der Waals surface area contributed by atoms with Crippen molar-refractivity contribution in [2.45, 2.75) is 20.0 Å². The molecule has 1 N–H and O–H groups in total. The summed E-state index contributed by atoms with van der Waals surface area (Å²) in [7, 11) is 3.47. The van der Waals surface area contributed by atoms with E-state index in [9.17, 15) is 4.79 Å². The highest BCUT2D eigenvalue weighted by atomic mass is 16.5. The summed E-state index contributed by atoms with van der Waals surface area (Å²) in [6, 6.07) is 7.62. The fourth-order valence-corrected chi connectivity index (χ4v) is 1.30. The summed E-state index contributed by atoms with van der Waals surface area (Å²) in [4.78, 5) is 13.0. The van der Waals surface area contributed by atoms with Crippen LogP contribution < -0.4 is 10.1 Å². The van der Waals surface area contributed by atoms with Gasteiger partial charge in [0, 0.05) is 14.1 Å². The van der Waals surface area contributed by atoms with E-state index in [2.05, 4.69) is 5.32 Å². The molecule has 0 radical (unpaired) electrons. The number of carbonyl (C=O) groups excluding carboxylic acids is 1. The van der Waals surface area contributed by atoms with Crippen molar-refractivity contribution < 1.29 is 9.53 Å². The highest BCUT2D eigenvalue weighted by Crippen LogP contribution is 2.24. The van der Waals surface area contributed by atoms with Gasteiger partial charge in [-0.2, -0.15) is 0 Å². The van der Waals surface area contributed by atoms with Crippen LogP contribution in [0.1, 0.15) is 13.8 Å². The minimum absolute atomic E-state index is 0.0318. The number of likely N-dealkylation sites (N-methyl/N-ethyl adjacent to an activating group) is 1. The highest BCUT2D eigenvalue weighted by molar-refractivity contribution is 5.80. The Hall–Kier alpha value is -1.71. The van der Waals surface area contributed by atoms with Crippen LogP contribution in [0.3, 0.4) is 0 Å². The largest absolute Gasteiger partial charge is 0.489 e. The molecule has 0 aliphatic heterocycles. The molecule has 0 aliphatic rings. The Balaban J connectivity index is 2.67. The van der Waals surface area contributed by atoms with Crippen molar-refractivity contribution in [1.82, 2.24) is 4.90 Å². The van der Waals surface area contributed by atoms with Gasteiger partial charge in [-0.15, -0.1) is 0 Å². The number of hydrogen-bond donors (Lipinski definition) is 1. The zero-order chi connectivity index (χ0) is 12.8. The normalized spacial score (nSPS) is 10.2. The first-order chi connectivity index (χ1) is 8.00. The van der Waals surface area contributed by atoms with Crippen molar-refractivity contribution in [2.24, 2.45) is 0 Å². The Labute approximate surface area is 103 Å². The molecular formula is C13H20N2O2. The summed E-state index contributed by atoms with van der Waals surface area (Å²) in [5.41, 5.74) is 0.844. The molecule has 1 rings (SSSR count). The van der Waals surface area contributed by atoms with E-state index in [1.165, 1.54) is 0 Å². The SMILES string of the molecule is CC(C)Oc1ccccc1NCC(=O)N(C)C. The smallest absolute Gasteiger partial charge is 0.241 e. The molecule has 1 amide bonds. The number of rotatable bonds is 5. The lowest BCUT2D eigenvalue weighted by atomic mass is 10.3. The van der Waals surface area contributed by atoms with Crippen LogP contribution in [0.5, 0.6) is 5.75 Å². The van der Waals surface area contributed by atoms with E-state index in [4.69, 9.17) is 4.74 Å². The van der Waals surface area contributed by atoms with E-state index < -0.39 is 0 Å². The van der Waals surface area contributed by atoms with Gasteiger partial charge in [0.2, 0.25) is 5.91 Å². The van der Waals surface area contributed by atoms with E-state index in [1.807, 2.05) is 38.1 Å². The van der Waals surface area contributed by atoms with Gasteiger partial charge in [-0.05, 0) is 26.0 Å². The third-order valence-corrected chi connectivity index (χ3v) is 2.18. The molecule has 17 heavy (non-hydrogen) atoms. The molecule has 1 aromatic rings. The van der Waals surface area contributed by atoms with Crippen molar-refractivity contribution in [3.63, 3.8) is 0 Å². The lowest BCUT2D eigenvalue weighted by Gasteiger charge is -2.16. The molecule has 0 saturated heterocycles. The van der Waals surface area contributed by atoms with E-state index in [0.29, 0.717) is 0 Å². The predicted molar refractivity (Wildman–Crippen MR) is 69.4 cm³/mol. The monoisotopic (exact) mass is 236 g/mol. The summed E-state index contributed by atoms with van der Waals surface area (Å²) in [5, 5.41) is 3.08. The Bertz CT molecular complexity index is 375. The van der Waals surface area contributed by atoms with Crippen LogP contribution in [0, 0.1) is 0 Å². The van der Waals surface area contributed by atoms with Gasteiger partial charge in [-0.1, -0.05) is 12.1 Å². The summed E-state index contributed by atoms with van der Waals surface area (Å²) in [5.74, 6) is 0.804. The van der Waals surface area contributed by atoms with Crippen LogP contribution in [0.25, 0.3) is 0 Å². The molecule has 0 unspecified atom stereocenters. The van der Waals surface area contributed by atoms with Crippen molar-refractivity contribution in [1.29, 1.82) is 0 Å². The maximum Gasteiger partial charge on any atom is 0.241 e. The summed E-state index contributed by atoms with van der Waals surface area (Å²) in [6.45, 7) is 4.22. The first kappa shape index (κ1) is 13.4. The quantitative estimate of drug-likeness (QED) is 0.850. The maximum absolute atomic E-state index is 11.5. The zero-order valence-electron chi connectivity index (χ0n) is 10.9. The summed E-state index contributed by atoms with van der Waals surface area (Å²) >= 11 is 0. The Morgan fingerprint density at radius 3 is 2.59 bits per heavy atom. The predicted octanol–water partition coefficient (Wildman–Crippen LogP) is 1.97. The molecule has 0 fully saturated rings. The van der Waals surface area contributed by atoms with Crippen LogP contribution in [-0.4, -0.2) is 37.6 Å². The van der Waals surface area contributed by atoms with Gasteiger partial charge in [0.05, 0.1) is 18.3 Å². The molecule has 0 bridgehead atoms. The number of nitrogens with one attached hydrogen (secondary N) is 1. The van der Waals surface area contributed by atoms with E-state index in [1.54, 1.807) is 19.0 Å². The van der Waals surface area contributed by atoms with Crippen LogP contribution >= 0.6 is 0 Å². The lowest BCUT2D eigenvalue weighted by Crippen LogP contribution is -2.28. The molecule has 0 aliphatic carbocycles. The van der Waals surface area contributed by atoms with Gasteiger partial charge in [0.15, 0.2) is 0 Å². The van der Waals surface area contributed by atoms with Gasteiger partial charge in [-0.3, -0.25) is 4.79 Å². The first-order valence-electron chi connectivity index (χ1n) is 5.70. The van der Waals surface area contributed by atoms with Gasteiger partial charge in [0.25, 0.3) is 0 Å². The minimum atomic E-state index is 0.0318. The van der Waals surface area contributed by atoms with Crippen molar-refractivity contribution in [3.05, 3.63) is 24.3 Å². The van der Waals surface area contributed by atoms with E-state index in [-0.39, 0.29) is 18.6 Å². The molecule has 4 heteroatoms. The standard InChI is InChI=1S/C13H20N2O2/c1-10(2)17-12-8-6-5-7-11(12)14-9-13(16)15(3)4/h5-8,10,14H,9H2,1-4H3. The topological polar surface area (TPSA) is 41.6 Å². The molecule has 0 spiro atoms. The first-order valence-corrected chi connectivity index (χ1v) is 5.70. The zero-order valence-corrected chi connectivity index (χ0v) is 10.9. The number of hydrogen-bond acceptors (Lipinski definition) is 3. The molecule has 4 nitrogen and oxygen atoms in total. The number of para-hydroxylation sites is 2. The van der Waals surface area contributed by atoms with E-state index >= 15 is 0 Å². The number of carbonyl (C=O) groups is 1. The average Bonchev–Trinajstić information content (AvgIpc) is 2.26. The van der Waals surface area contributed by atoms with E-state index in [0.717, 1.165) is 11.4 Å². The van der Waals surface area contributed by atoms with Crippen molar-refractivity contribution in [3.8, 4) is 5.75 Å². The fourth-order valence-electron chi connectivity index (χ4n) is 1.30. The van der Waals surface area contributed by atoms with Gasteiger partial charge in [0.1, 0.15) is 5.75 Å². The van der Waals surface area contributed by atoms with Gasteiger partial charge >= 0.3 is 0 Å². The Morgan fingerprint density at radius 1 is 1.35 bits per heavy atom. The molecule has 0 heterocycles. The number of nitrogens with zero attached hydrogens (tertiary/aromatic N) is 1. The number of benzene rings is 1. The molecule has 0 aromatic heterocycles. The van der Waals surface area contributed by atoms with Crippen LogP contribution in [-0.2, 0) is 4.79 Å². The minimum Gasteiger partial charge on any atom is -0.489 e. The molecule has 1 aromatic carbocycles. The Morgan fingerprint density at radius 2 is 2.00 bits per heavy atom. The number of anilines is 1. The van der Waals surface area contributed by atoms with Crippen LogP contribution in [0.15, 0.2) is 24.3 Å². The molecule has 94 valence electrons. The van der Waals surface area contributed by atoms with Crippen molar-refractivity contribution >= 4 is 11.6 Å². The second-order valence-corrected chi connectivity index (χ2v) is 4.30. The van der Waals surface area contributed by atoms with Gasteiger partial charge < -0.3 is 15.0 Å². The van der Waals surface area contributed by atoms with Crippen molar-refractivity contribution in [2.75, 3.05) is 26.0 Å². The molecule has 0 atom stereocenters. The van der Waals surface area contributed by atoms with Crippen LogP contribution in [0.4, 0.5) is 5.69 Å². The average molecular weight is 236 g/mol. The fraction of sp³-hybridized carbons (Fsp3) is 0.462. The third kappa shape index (κ3) is 4.34. The maximum atomic E-state index is 11.5. The summed E-state index contributed by atoms with van der Waals surface area (Å²) < 4.78 is 5.65.